The van der Waals surface area contributed by atoms with Gasteiger partial charge in [-0.15, -0.1) is 0 Å². The molecule has 0 fully saturated rings. The standard InChI is InChI=1S/C29H22N2O8S/c1-3-36-28(35)24-15(2)30-29-31(25(24)18-8-10-21-22(12-18)38-14-37-21)26(32)23(40-29)13-19-9-11-20(39-19)16-4-6-17(7-5-16)27(33)34/h4-13,25H,3,14H2,1-2H3,(H,33,34)/b23-13-/t25-/m1/s1. The summed E-state index contributed by atoms with van der Waals surface area (Å²) in [5, 5.41) is 9.13. The second kappa shape index (κ2) is 10.0. The number of allylic oxidation sites excluding steroid dienone is 1. The zero-order valence-electron chi connectivity index (χ0n) is 21.4. The van der Waals surface area contributed by atoms with Crippen molar-refractivity contribution in [1.82, 2.24) is 4.57 Å². The van der Waals surface area contributed by atoms with Crippen molar-refractivity contribution in [2.45, 2.75) is 19.9 Å². The molecule has 0 radical (unpaired) electrons. The summed E-state index contributed by atoms with van der Waals surface area (Å²) in [7, 11) is 0. The number of carbonyl (C=O) groups is 2. The van der Waals surface area contributed by atoms with Gasteiger partial charge in [0, 0.05) is 11.6 Å². The molecule has 40 heavy (non-hydrogen) atoms. The van der Waals surface area contributed by atoms with Gasteiger partial charge in [-0.1, -0.05) is 29.5 Å². The van der Waals surface area contributed by atoms with Gasteiger partial charge in [-0.2, -0.15) is 0 Å². The number of hydrogen-bond donors (Lipinski definition) is 1. The fourth-order valence-electron chi connectivity index (χ4n) is 4.68. The zero-order valence-corrected chi connectivity index (χ0v) is 22.2. The molecule has 0 unspecified atom stereocenters. The molecule has 0 aliphatic carbocycles. The average molecular weight is 559 g/mol. The van der Waals surface area contributed by atoms with Crippen LogP contribution in [0.1, 0.15) is 41.6 Å². The SMILES string of the molecule is CCOC(=O)C1=C(C)N=c2s/c(=C\c3ccc(-c4ccc(C(=O)O)cc4)o3)c(=O)n2[C@@H]1c1ccc2c(c1)OCO2. The molecule has 0 saturated carbocycles. The lowest BCUT2D eigenvalue weighted by Crippen LogP contribution is -2.39. The molecule has 1 N–H and O–H groups in total. The van der Waals surface area contributed by atoms with Crippen LogP contribution in [0.4, 0.5) is 0 Å². The molecule has 6 rings (SSSR count). The van der Waals surface area contributed by atoms with Crippen molar-refractivity contribution in [2.75, 3.05) is 13.4 Å². The molecule has 2 aromatic carbocycles. The first kappa shape index (κ1) is 25.4. The molecule has 4 aromatic rings. The lowest BCUT2D eigenvalue weighted by molar-refractivity contribution is -0.139. The summed E-state index contributed by atoms with van der Waals surface area (Å²) in [6, 6.07) is 14.3. The zero-order chi connectivity index (χ0) is 28.0. The number of fused-ring (bicyclic) bond motifs is 2. The molecule has 1 atom stereocenters. The number of furan rings is 1. The van der Waals surface area contributed by atoms with Crippen molar-refractivity contribution in [3.8, 4) is 22.8 Å². The quantitative estimate of drug-likeness (QED) is 0.356. The van der Waals surface area contributed by atoms with Crippen LogP contribution < -0.4 is 24.4 Å². The number of hydrogen-bond acceptors (Lipinski definition) is 9. The van der Waals surface area contributed by atoms with E-state index in [0.717, 1.165) is 0 Å². The molecule has 2 aliphatic heterocycles. The number of carboxylic acids is 1. The minimum Gasteiger partial charge on any atom is -0.478 e. The summed E-state index contributed by atoms with van der Waals surface area (Å²) in [5.74, 6) is 0.503. The fourth-order valence-corrected chi connectivity index (χ4v) is 5.71. The number of aromatic carboxylic acids is 1. The summed E-state index contributed by atoms with van der Waals surface area (Å²) in [5.41, 5.74) is 1.90. The van der Waals surface area contributed by atoms with E-state index >= 15 is 0 Å². The van der Waals surface area contributed by atoms with Crippen LogP contribution >= 0.6 is 11.3 Å². The summed E-state index contributed by atoms with van der Waals surface area (Å²) in [4.78, 5) is 43.0. The Bertz CT molecular complexity index is 1880. The van der Waals surface area contributed by atoms with E-state index < -0.39 is 18.0 Å². The van der Waals surface area contributed by atoms with Gasteiger partial charge in [-0.25, -0.2) is 14.6 Å². The third kappa shape index (κ3) is 4.39. The molecule has 10 nitrogen and oxygen atoms in total. The van der Waals surface area contributed by atoms with Crippen molar-refractivity contribution in [1.29, 1.82) is 0 Å². The molecule has 0 amide bonds. The van der Waals surface area contributed by atoms with Crippen molar-refractivity contribution in [3.05, 3.63) is 102 Å². The molecule has 202 valence electrons. The van der Waals surface area contributed by atoms with E-state index in [9.17, 15) is 14.4 Å². The van der Waals surface area contributed by atoms with E-state index in [0.29, 0.717) is 49.2 Å². The Morgan fingerprint density at radius 3 is 2.65 bits per heavy atom. The first-order valence-corrected chi connectivity index (χ1v) is 13.2. The van der Waals surface area contributed by atoms with Crippen LogP contribution in [0.15, 0.2) is 80.1 Å². The lowest BCUT2D eigenvalue weighted by Gasteiger charge is -2.24. The number of nitrogens with zero attached hydrogens (tertiary/aromatic N) is 2. The number of carbonyl (C=O) groups excluding carboxylic acids is 1. The van der Waals surface area contributed by atoms with E-state index in [1.165, 1.54) is 28.0 Å². The van der Waals surface area contributed by atoms with Gasteiger partial charge in [0.15, 0.2) is 16.3 Å². The van der Waals surface area contributed by atoms with Crippen LogP contribution in [-0.2, 0) is 9.53 Å². The predicted molar refractivity (Wildman–Crippen MR) is 144 cm³/mol. The molecule has 0 bridgehead atoms. The maximum Gasteiger partial charge on any atom is 0.338 e. The number of thiazole rings is 1. The highest BCUT2D eigenvalue weighted by atomic mass is 32.1. The predicted octanol–water partition coefficient (Wildman–Crippen LogP) is 3.49. The summed E-state index contributed by atoms with van der Waals surface area (Å²) < 4.78 is 24.1. The van der Waals surface area contributed by atoms with Gasteiger partial charge in [-0.3, -0.25) is 9.36 Å². The Morgan fingerprint density at radius 2 is 1.90 bits per heavy atom. The molecule has 11 heteroatoms. The van der Waals surface area contributed by atoms with Crippen molar-refractivity contribution < 1.29 is 33.3 Å². The van der Waals surface area contributed by atoms with Crippen LogP contribution in [0.3, 0.4) is 0 Å². The second-order valence-electron chi connectivity index (χ2n) is 9.00. The molecular weight excluding hydrogens is 536 g/mol. The van der Waals surface area contributed by atoms with Gasteiger partial charge >= 0.3 is 11.9 Å². The molecular formula is C29H22N2O8S. The second-order valence-corrected chi connectivity index (χ2v) is 10.0. The third-order valence-corrected chi connectivity index (χ3v) is 7.53. The number of benzene rings is 2. The Kier molecular flexibility index (Phi) is 6.35. The molecule has 0 spiro atoms. The molecule has 4 heterocycles. The molecule has 0 saturated heterocycles. The van der Waals surface area contributed by atoms with E-state index in [1.54, 1.807) is 62.4 Å². The topological polar surface area (TPSA) is 130 Å². The largest absolute Gasteiger partial charge is 0.478 e. The monoisotopic (exact) mass is 558 g/mol. The lowest BCUT2D eigenvalue weighted by atomic mass is 9.95. The van der Waals surface area contributed by atoms with E-state index in [2.05, 4.69) is 4.99 Å². The highest BCUT2D eigenvalue weighted by Gasteiger charge is 2.34. The minimum atomic E-state index is -1.01. The number of esters is 1. The van der Waals surface area contributed by atoms with Gasteiger partial charge in [0.05, 0.1) is 34.0 Å². The minimum absolute atomic E-state index is 0.0932. The van der Waals surface area contributed by atoms with Crippen molar-refractivity contribution >= 4 is 29.4 Å². The highest BCUT2D eigenvalue weighted by Crippen LogP contribution is 2.38. The maximum absolute atomic E-state index is 13.8. The maximum atomic E-state index is 13.8. The van der Waals surface area contributed by atoms with Crippen LogP contribution in [-0.4, -0.2) is 35.0 Å². The van der Waals surface area contributed by atoms with E-state index in [4.69, 9.17) is 23.7 Å². The normalized spacial score (nSPS) is 16.1. The van der Waals surface area contributed by atoms with Gasteiger partial charge in [-0.05, 0) is 55.8 Å². The number of ether oxygens (including phenoxy) is 3. The first-order valence-electron chi connectivity index (χ1n) is 12.4. The number of rotatable bonds is 6. The summed E-state index contributed by atoms with van der Waals surface area (Å²) in [6.45, 7) is 3.71. The van der Waals surface area contributed by atoms with E-state index in [-0.39, 0.29) is 30.1 Å². The van der Waals surface area contributed by atoms with Crippen LogP contribution in [0.25, 0.3) is 17.4 Å². The first-order chi connectivity index (χ1) is 19.3. The van der Waals surface area contributed by atoms with Gasteiger partial charge in [0.25, 0.3) is 5.56 Å². The Morgan fingerprint density at radius 1 is 1.12 bits per heavy atom. The summed E-state index contributed by atoms with van der Waals surface area (Å²) in [6.07, 6.45) is 1.62. The van der Waals surface area contributed by atoms with Gasteiger partial charge in [0.1, 0.15) is 11.5 Å². The number of aromatic nitrogens is 1. The summed E-state index contributed by atoms with van der Waals surface area (Å²) >= 11 is 1.18. The Labute approximate surface area is 230 Å². The number of carboxylic acid groups (broad SMARTS) is 1. The van der Waals surface area contributed by atoms with Gasteiger partial charge in [0.2, 0.25) is 6.79 Å². The Balaban J connectivity index is 1.44. The Hall–Kier alpha value is -4.90. The van der Waals surface area contributed by atoms with Crippen molar-refractivity contribution in [2.24, 2.45) is 4.99 Å². The van der Waals surface area contributed by atoms with E-state index in [1.807, 2.05) is 0 Å². The molecule has 2 aliphatic rings. The molecule has 2 aromatic heterocycles. The highest BCUT2D eigenvalue weighted by molar-refractivity contribution is 7.07. The third-order valence-electron chi connectivity index (χ3n) is 6.55. The van der Waals surface area contributed by atoms with Crippen LogP contribution in [0, 0.1) is 0 Å². The smallest absolute Gasteiger partial charge is 0.338 e. The van der Waals surface area contributed by atoms with Crippen LogP contribution in [0.5, 0.6) is 11.5 Å². The van der Waals surface area contributed by atoms with Crippen LogP contribution in [0.2, 0.25) is 0 Å². The average Bonchev–Trinajstić information content (AvgIpc) is 3.67. The van der Waals surface area contributed by atoms with Crippen molar-refractivity contribution in [3.63, 3.8) is 0 Å². The van der Waals surface area contributed by atoms with Gasteiger partial charge < -0.3 is 23.7 Å². The fraction of sp³-hybridized carbons (Fsp3) is 0.172.